The van der Waals surface area contributed by atoms with E-state index in [1.165, 1.54) is 0 Å². The molecule has 1 aromatic rings. The molecule has 3 rings (SSSR count). The number of para-hydroxylation sites is 1. The first-order valence-corrected chi connectivity index (χ1v) is 5.74. The van der Waals surface area contributed by atoms with Crippen LogP contribution >= 0.6 is 0 Å². The van der Waals surface area contributed by atoms with Crippen molar-refractivity contribution in [2.45, 2.75) is 25.2 Å². The van der Waals surface area contributed by atoms with Crippen molar-refractivity contribution in [3.8, 4) is 5.75 Å². The molecule has 1 aliphatic carbocycles. The second-order valence-corrected chi connectivity index (χ2v) is 4.37. The lowest BCUT2D eigenvalue weighted by Crippen LogP contribution is -2.99. The molecular formula is C12H13N3O2. The van der Waals surface area contributed by atoms with Crippen LogP contribution in [0.15, 0.2) is 46.0 Å². The third-order valence-corrected chi connectivity index (χ3v) is 3.38. The van der Waals surface area contributed by atoms with Crippen LogP contribution in [-0.2, 0) is 0 Å². The molecule has 5 nitrogen and oxygen atoms in total. The number of phenolic OH excluding ortho intramolecular Hbond substituents is 1. The van der Waals surface area contributed by atoms with E-state index < -0.39 is 0 Å². The molecule has 0 bridgehead atoms. The Morgan fingerprint density at radius 3 is 3.00 bits per heavy atom. The molecule has 1 heterocycles. The number of aromatic hydroxyl groups is 1. The summed E-state index contributed by atoms with van der Waals surface area (Å²) < 4.78 is 0. The second-order valence-electron chi connectivity index (χ2n) is 4.37. The molecule has 0 amide bonds. The predicted octanol–water partition coefficient (Wildman–Crippen LogP) is 1.63. The van der Waals surface area contributed by atoms with Crippen LogP contribution in [0.3, 0.4) is 0 Å². The molecule has 0 saturated carbocycles. The zero-order valence-corrected chi connectivity index (χ0v) is 9.26. The van der Waals surface area contributed by atoms with E-state index in [9.17, 15) is 10.3 Å². The normalized spacial score (nSPS) is 27.4. The first-order chi connectivity index (χ1) is 8.27. The number of rotatable bonds is 1. The molecule has 2 unspecified atom stereocenters. The summed E-state index contributed by atoms with van der Waals surface area (Å²) in [6.07, 6.45) is 2.60. The molecule has 0 fully saturated rings. The van der Waals surface area contributed by atoms with Gasteiger partial charge in [0, 0.05) is 23.1 Å². The molecule has 1 aromatic carbocycles. The fourth-order valence-electron chi connectivity index (χ4n) is 2.55. The first kappa shape index (κ1) is 10.4. The molecule has 17 heavy (non-hydrogen) atoms. The van der Waals surface area contributed by atoms with Crippen LogP contribution in [0.5, 0.6) is 5.75 Å². The summed E-state index contributed by atoms with van der Waals surface area (Å²) in [7, 11) is 0. The van der Waals surface area contributed by atoms with E-state index in [0.717, 1.165) is 36.2 Å². The highest BCUT2D eigenvalue weighted by Gasteiger charge is 2.33. The predicted molar refractivity (Wildman–Crippen MR) is 60.9 cm³/mol. The van der Waals surface area contributed by atoms with Gasteiger partial charge in [-0.1, -0.05) is 23.3 Å². The summed E-state index contributed by atoms with van der Waals surface area (Å²) in [6, 6.07) is 7.22. The topological polar surface area (TPSA) is 72.5 Å². The van der Waals surface area contributed by atoms with E-state index in [1.807, 2.05) is 12.1 Å². The Kier molecular flexibility index (Phi) is 2.42. The Labute approximate surface area is 98.6 Å². The monoisotopic (exact) mass is 231 g/mol. The molecule has 5 heteroatoms. The molecule has 0 aromatic heterocycles. The number of benzene rings is 1. The van der Waals surface area contributed by atoms with Crippen molar-refractivity contribution in [1.29, 1.82) is 0 Å². The second kappa shape index (κ2) is 3.94. The summed E-state index contributed by atoms with van der Waals surface area (Å²) in [5.41, 5.74) is 2.32. The smallest absolute Gasteiger partial charge is 0.159 e. The van der Waals surface area contributed by atoms with Crippen molar-refractivity contribution >= 4 is 0 Å². The van der Waals surface area contributed by atoms with Crippen molar-refractivity contribution in [2.75, 3.05) is 0 Å². The van der Waals surface area contributed by atoms with Gasteiger partial charge in [0.1, 0.15) is 11.4 Å². The van der Waals surface area contributed by atoms with Crippen LogP contribution in [-0.4, -0.2) is 5.11 Å². The average molecular weight is 231 g/mol. The van der Waals surface area contributed by atoms with E-state index in [4.69, 9.17) is 0 Å². The first-order valence-electron chi connectivity index (χ1n) is 5.74. The Balaban J connectivity index is 2.04. The summed E-state index contributed by atoms with van der Waals surface area (Å²) in [5, 5.41) is 28.7. The molecular weight excluding hydrogens is 218 g/mol. The lowest BCUT2D eigenvalue weighted by molar-refractivity contribution is -0.816. The molecule has 0 spiro atoms. The van der Waals surface area contributed by atoms with Gasteiger partial charge in [-0.3, -0.25) is 0 Å². The Hall–Kier alpha value is -1.72. The van der Waals surface area contributed by atoms with Crippen molar-refractivity contribution < 1.29 is 10.3 Å². The molecule has 2 N–H and O–H groups in total. The van der Waals surface area contributed by atoms with E-state index in [1.54, 1.807) is 12.1 Å². The fraction of sp³-hybridized carbons (Fsp3) is 0.333. The summed E-state index contributed by atoms with van der Waals surface area (Å²) in [6.45, 7) is 0. The average Bonchev–Trinajstić information content (AvgIpc) is 2.72. The maximum absolute atomic E-state index is 11.5. The van der Waals surface area contributed by atoms with Crippen LogP contribution in [0.4, 0.5) is 0 Å². The Morgan fingerprint density at radius 2 is 2.18 bits per heavy atom. The highest BCUT2D eigenvalue weighted by atomic mass is 16.5. The number of phenols is 1. The van der Waals surface area contributed by atoms with Crippen molar-refractivity contribution in [3.63, 3.8) is 0 Å². The maximum Gasteiger partial charge on any atom is 0.159 e. The largest absolute Gasteiger partial charge is 0.600 e. The minimum Gasteiger partial charge on any atom is -0.600 e. The Bertz CT molecular complexity index is 510. The van der Waals surface area contributed by atoms with Gasteiger partial charge in [0.2, 0.25) is 0 Å². The van der Waals surface area contributed by atoms with Crippen LogP contribution in [0.1, 0.15) is 30.7 Å². The van der Waals surface area contributed by atoms with Gasteiger partial charge in [0.05, 0.1) is 0 Å². The zero-order chi connectivity index (χ0) is 11.8. The number of hydroxylamine groups is 1. The van der Waals surface area contributed by atoms with Gasteiger partial charge in [-0.05, 0) is 18.9 Å². The molecule has 0 radical (unpaired) electrons. The number of hydrogen-bond acceptors (Lipinski definition) is 4. The van der Waals surface area contributed by atoms with Gasteiger partial charge < -0.3 is 10.3 Å². The van der Waals surface area contributed by atoms with Gasteiger partial charge in [0.15, 0.2) is 5.70 Å². The van der Waals surface area contributed by atoms with Gasteiger partial charge >= 0.3 is 0 Å². The van der Waals surface area contributed by atoms with Gasteiger partial charge in [-0.15, -0.1) is 0 Å². The van der Waals surface area contributed by atoms with Crippen LogP contribution in [0.2, 0.25) is 0 Å². The lowest BCUT2D eigenvalue weighted by Gasteiger charge is -2.23. The molecule has 2 atom stereocenters. The van der Waals surface area contributed by atoms with Gasteiger partial charge in [-0.2, -0.15) is 5.17 Å². The standard InChI is InChI=1S/C12H13N3O2/c16-11-7-2-1-4-8(11)9-5-3-6-10-12(9)13-14-15(10)17/h1-2,4,7,9,15-16H,3,5-6H2. The third kappa shape index (κ3) is 1.64. The van der Waals surface area contributed by atoms with Crippen LogP contribution in [0, 0.1) is 5.21 Å². The minimum absolute atomic E-state index is 0.00940. The van der Waals surface area contributed by atoms with Crippen LogP contribution in [0.25, 0.3) is 0 Å². The summed E-state index contributed by atoms with van der Waals surface area (Å²) in [4.78, 5) is 0. The molecule has 2 aliphatic rings. The van der Waals surface area contributed by atoms with Gasteiger partial charge in [-0.25, -0.2) is 0 Å². The highest BCUT2D eigenvalue weighted by Crippen LogP contribution is 2.41. The number of allylic oxidation sites excluding steroid dienone is 2. The van der Waals surface area contributed by atoms with E-state index >= 15 is 0 Å². The summed E-state index contributed by atoms with van der Waals surface area (Å²) >= 11 is 0. The minimum atomic E-state index is -0.208. The zero-order valence-electron chi connectivity index (χ0n) is 9.26. The van der Waals surface area contributed by atoms with Gasteiger partial charge in [0.25, 0.3) is 0 Å². The van der Waals surface area contributed by atoms with Crippen molar-refractivity contribution in [3.05, 3.63) is 46.4 Å². The van der Waals surface area contributed by atoms with Crippen LogP contribution < -0.4 is 5.17 Å². The lowest BCUT2D eigenvalue weighted by atomic mass is 9.84. The number of hydrogen-bond donors (Lipinski definition) is 2. The SMILES string of the molecule is [O-][NH+]1N=NC2=C1CCCC2c1ccccc1O. The van der Waals surface area contributed by atoms with Crippen molar-refractivity contribution in [2.24, 2.45) is 10.3 Å². The third-order valence-electron chi connectivity index (χ3n) is 3.38. The highest BCUT2D eigenvalue weighted by molar-refractivity contribution is 5.40. The molecule has 1 aliphatic heterocycles. The van der Waals surface area contributed by atoms with E-state index in [0.29, 0.717) is 0 Å². The quantitative estimate of drug-likeness (QED) is 0.721. The van der Waals surface area contributed by atoms with E-state index in [-0.39, 0.29) is 16.8 Å². The maximum atomic E-state index is 11.5. The van der Waals surface area contributed by atoms with Crippen molar-refractivity contribution in [1.82, 2.24) is 0 Å². The number of nitrogens with zero attached hydrogens (tertiary/aromatic N) is 2. The Morgan fingerprint density at radius 1 is 1.35 bits per heavy atom. The molecule has 0 saturated heterocycles. The number of quaternary nitrogens is 1. The summed E-state index contributed by atoms with van der Waals surface area (Å²) in [5.74, 6) is 0.274. The van der Waals surface area contributed by atoms with E-state index in [2.05, 4.69) is 10.3 Å². The number of nitrogens with one attached hydrogen (secondary N) is 1. The fourth-order valence-corrected chi connectivity index (χ4v) is 2.55. The molecule has 88 valence electrons.